The van der Waals surface area contributed by atoms with Gasteiger partial charge in [-0.05, 0) is 60.4 Å². The predicted molar refractivity (Wildman–Crippen MR) is 81.3 cm³/mol. The average Bonchev–Trinajstić information content (AvgIpc) is 2.38. The number of rotatable bonds is 2. The fourth-order valence-electron chi connectivity index (χ4n) is 3.01. The zero-order valence-corrected chi connectivity index (χ0v) is 13.0. The molecule has 2 rings (SSSR count). The van der Waals surface area contributed by atoms with Crippen LogP contribution in [0.1, 0.15) is 56.2 Å². The summed E-state index contributed by atoms with van der Waals surface area (Å²) < 4.78 is 5.58. The number of aryl methyl sites for hydroxylation is 1. The standard InChI is InChI=1S/C17H27NO/c1-12-9-16(19-5)15(17(2,3)4)10-14(12)13-7-6-8-18-11-13/h9-10,13,18H,6-8,11H2,1-5H3. The van der Waals surface area contributed by atoms with Crippen LogP contribution in [-0.2, 0) is 5.41 Å². The van der Waals surface area contributed by atoms with Gasteiger partial charge < -0.3 is 10.1 Å². The van der Waals surface area contributed by atoms with Crippen LogP contribution in [0.4, 0.5) is 0 Å². The van der Waals surface area contributed by atoms with Crippen molar-refractivity contribution in [3.8, 4) is 5.75 Å². The zero-order chi connectivity index (χ0) is 14.0. The van der Waals surface area contributed by atoms with Gasteiger partial charge in [0.15, 0.2) is 0 Å². The summed E-state index contributed by atoms with van der Waals surface area (Å²) in [6.45, 7) is 11.2. The van der Waals surface area contributed by atoms with Gasteiger partial charge in [0.1, 0.15) is 5.75 Å². The van der Waals surface area contributed by atoms with Crippen LogP contribution in [0, 0.1) is 6.92 Å². The SMILES string of the molecule is COc1cc(C)c(C2CCCNC2)cc1C(C)(C)C. The molecule has 0 amide bonds. The number of nitrogens with one attached hydrogen (secondary N) is 1. The van der Waals surface area contributed by atoms with Crippen molar-refractivity contribution >= 4 is 0 Å². The van der Waals surface area contributed by atoms with E-state index >= 15 is 0 Å². The fourth-order valence-corrected chi connectivity index (χ4v) is 3.01. The van der Waals surface area contributed by atoms with Gasteiger partial charge in [0.05, 0.1) is 7.11 Å². The minimum absolute atomic E-state index is 0.121. The Morgan fingerprint density at radius 2 is 2.00 bits per heavy atom. The molecule has 1 aliphatic rings. The highest BCUT2D eigenvalue weighted by molar-refractivity contribution is 5.47. The molecule has 1 aromatic rings. The monoisotopic (exact) mass is 261 g/mol. The van der Waals surface area contributed by atoms with Crippen molar-refractivity contribution in [1.29, 1.82) is 0 Å². The Morgan fingerprint density at radius 1 is 1.26 bits per heavy atom. The third-order valence-electron chi connectivity index (χ3n) is 4.13. The molecule has 1 fully saturated rings. The second-order valence-corrected chi connectivity index (χ2v) is 6.70. The first-order valence-corrected chi connectivity index (χ1v) is 7.33. The van der Waals surface area contributed by atoms with E-state index in [4.69, 9.17) is 4.74 Å². The lowest BCUT2D eigenvalue weighted by atomic mass is 9.81. The number of ether oxygens (including phenoxy) is 1. The van der Waals surface area contributed by atoms with Gasteiger partial charge >= 0.3 is 0 Å². The zero-order valence-electron chi connectivity index (χ0n) is 13.0. The molecule has 19 heavy (non-hydrogen) atoms. The largest absolute Gasteiger partial charge is 0.496 e. The minimum Gasteiger partial charge on any atom is -0.496 e. The number of hydrogen-bond acceptors (Lipinski definition) is 2. The minimum atomic E-state index is 0.121. The Morgan fingerprint density at radius 3 is 2.53 bits per heavy atom. The first kappa shape index (κ1) is 14.4. The molecule has 0 radical (unpaired) electrons. The summed E-state index contributed by atoms with van der Waals surface area (Å²) in [7, 11) is 1.77. The third-order valence-corrected chi connectivity index (χ3v) is 4.13. The molecule has 1 atom stereocenters. The van der Waals surface area contributed by atoms with Gasteiger partial charge in [-0.1, -0.05) is 26.8 Å². The van der Waals surface area contributed by atoms with Crippen molar-refractivity contribution in [2.75, 3.05) is 20.2 Å². The van der Waals surface area contributed by atoms with Gasteiger partial charge in [0, 0.05) is 6.54 Å². The van der Waals surface area contributed by atoms with Gasteiger partial charge in [0.2, 0.25) is 0 Å². The molecule has 1 aliphatic heterocycles. The molecule has 1 heterocycles. The molecule has 1 N–H and O–H groups in total. The molecule has 1 aromatic carbocycles. The molecule has 0 saturated carbocycles. The smallest absolute Gasteiger partial charge is 0.122 e. The van der Waals surface area contributed by atoms with E-state index in [1.807, 2.05) is 0 Å². The lowest BCUT2D eigenvalue weighted by Crippen LogP contribution is -2.29. The van der Waals surface area contributed by atoms with Crippen molar-refractivity contribution in [3.63, 3.8) is 0 Å². The van der Waals surface area contributed by atoms with Crippen molar-refractivity contribution in [2.45, 2.75) is 51.9 Å². The molecule has 0 aliphatic carbocycles. The van der Waals surface area contributed by atoms with E-state index in [1.54, 1.807) is 7.11 Å². The summed E-state index contributed by atoms with van der Waals surface area (Å²) in [5.74, 6) is 1.68. The van der Waals surface area contributed by atoms with Gasteiger partial charge in [-0.3, -0.25) is 0 Å². The maximum absolute atomic E-state index is 5.58. The average molecular weight is 261 g/mol. The summed E-state index contributed by atoms with van der Waals surface area (Å²) in [5.41, 5.74) is 4.30. The molecular weight excluding hydrogens is 234 g/mol. The summed E-state index contributed by atoms with van der Waals surface area (Å²) in [6.07, 6.45) is 2.57. The van der Waals surface area contributed by atoms with Crippen molar-refractivity contribution in [3.05, 3.63) is 28.8 Å². The van der Waals surface area contributed by atoms with Crippen LogP contribution in [0.2, 0.25) is 0 Å². The summed E-state index contributed by atoms with van der Waals surface area (Å²) in [5, 5.41) is 3.52. The van der Waals surface area contributed by atoms with Gasteiger partial charge in [0.25, 0.3) is 0 Å². The molecule has 106 valence electrons. The fraction of sp³-hybridized carbons (Fsp3) is 0.647. The topological polar surface area (TPSA) is 21.3 Å². The number of piperidine rings is 1. The van der Waals surface area contributed by atoms with Crippen molar-refractivity contribution in [1.82, 2.24) is 5.32 Å². The first-order chi connectivity index (χ1) is 8.93. The number of benzene rings is 1. The normalized spacial score (nSPS) is 20.4. The Balaban J connectivity index is 2.44. The van der Waals surface area contributed by atoms with Crippen molar-refractivity contribution < 1.29 is 4.74 Å². The highest BCUT2D eigenvalue weighted by Crippen LogP contribution is 2.37. The Hall–Kier alpha value is -1.02. The molecule has 0 bridgehead atoms. The van der Waals surface area contributed by atoms with E-state index in [9.17, 15) is 0 Å². The van der Waals surface area contributed by atoms with E-state index in [1.165, 1.54) is 29.5 Å². The quantitative estimate of drug-likeness (QED) is 0.875. The third kappa shape index (κ3) is 3.11. The molecule has 2 nitrogen and oxygen atoms in total. The highest BCUT2D eigenvalue weighted by Gasteiger charge is 2.24. The first-order valence-electron chi connectivity index (χ1n) is 7.33. The maximum atomic E-state index is 5.58. The molecule has 1 unspecified atom stereocenters. The molecule has 2 heteroatoms. The van der Waals surface area contributed by atoms with Crippen molar-refractivity contribution in [2.24, 2.45) is 0 Å². The van der Waals surface area contributed by atoms with Gasteiger partial charge in [-0.25, -0.2) is 0 Å². The van der Waals surface area contributed by atoms with Crippen LogP contribution in [0.3, 0.4) is 0 Å². The number of hydrogen-bond donors (Lipinski definition) is 1. The lowest BCUT2D eigenvalue weighted by molar-refractivity contribution is 0.395. The second kappa shape index (κ2) is 5.54. The summed E-state index contributed by atoms with van der Waals surface area (Å²) in [4.78, 5) is 0. The van der Waals surface area contributed by atoms with E-state index < -0.39 is 0 Å². The molecular formula is C17H27NO. The van der Waals surface area contributed by atoms with E-state index in [0.29, 0.717) is 5.92 Å². The van der Waals surface area contributed by atoms with Crippen LogP contribution < -0.4 is 10.1 Å². The van der Waals surface area contributed by atoms with Crippen LogP contribution >= 0.6 is 0 Å². The molecule has 0 spiro atoms. The summed E-state index contributed by atoms with van der Waals surface area (Å²) in [6, 6.07) is 4.59. The number of methoxy groups -OCH3 is 1. The lowest BCUT2D eigenvalue weighted by Gasteiger charge is -2.29. The Kier molecular flexibility index (Phi) is 4.19. The van der Waals surface area contributed by atoms with Crippen LogP contribution in [0.25, 0.3) is 0 Å². The Bertz CT molecular complexity index is 439. The maximum Gasteiger partial charge on any atom is 0.122 e. The van der Waals surface area contributed by atoms with Gasteiger partial charge in [-0.15, -0.1) is 0 Å². The van der Waals surface area contributed by atoms with Gasteiger partial charge in [-0.2, -0.15) is 0 Å². The predicted octanol–water partition coefficient (Wildman–Crippen LogP) is 3.77. The van der Waals surface area contributed by atoms with Crippen LogP contribution in [0.5, 0.6) is 5.75 Å². The van der Waals surface area contributed by atoms with E-state index in [2.05, 4.69) is 45.1 Å². The van der Waals surface area contributed by atoms with E-state index in [0.717, 1.165) is 18.8 Å². The second-order valence-electron chi connectivity index (χ2n) is 6.70. The molecule has 0 aromatic heterocycles. The highest BCUT2D eigenvalue weighted by atomic mass is 16.5. The Labute approximate surface area is 117 Å². The molecule has 1 saturated heterocycles. The van der Waals surface area contributed by atoms with Crippen LogP contribution in [-0.4, -0.2) is 20.2 Å². The summed E-state index contributed by atoms with van der Waals surface area (Å²) >= 11 is 0. The van der Waals surface area contributed by atoms with Crippen LogP contribution in [0.15, 0.2) is 12.1 Å². The van der Waals surface area contributed by atoms with E-state index in [-0.39, 0.29) is 5.41 Å².